The van der Waals surface area contributed by atoms with E-state index in [2.05, 4.69) is 10.00 Å². The predicted octanol–water partition coefficient (Wildman–Crippen LogP) is 3.51. The van der Waals surface area contributed by atoms with Crippen LogP contribution in [0.25, 0.3) is 10.2 Å². The summed E-state index contributed by atoms with van der Waals surface area (Å²) in [4.78, 5) is 21.7. The minimum absolute atomic E-state index is 0.116. The molecule has 2 aromatic heterocycles. The molecule has 1 amide bonds. The largest absolute Gasteiger partial charge is 0.494 e. The number of aryl methyl sites for hydroxylation is 1. The molecule has 0 saturated heterocycles. The summed E-state index contributed by atoms with van der Waals surface area (Å²) in [5.74, 6) is 0.701. The summed E-state index contributed by atoms with van der Waals surface area (Å²) in [6, 6.07) is 7.60. The van der Waals surface area contributed by atoms with Crippen LogP contribution in [0.2, 0.25) is 0 Å². The van der Waals surface area contributed by atoms with Crippen molar-refractivity contribution in [1.29, 1.82) is 0 Å². The van der Waals surface area contributed by atoms with Gasteiger partial charge in [0.1, 0.15) is 5.75 Å². The van der Waals surface area contributed by atoms with E-state index in [-0.39, 0.29) is 5.91 Å². The number of rotatable bonds is 9. The highest BCUT2D eigenvalue weighted by atomic mass is 32.1. The standard InChI is InChI=1S/C20H27N5O2S/c1-5-24-13-10-17(22-24)19(26)25(12-7-11-23(3)4)20-21-16-9-8-15(27-6-2)14-18(16)28-20/h8-10,13-14H,5-7,11-12H2,1-4H3. The number of anilines is 1. The third-order valence-electron chi connectivity index (χ3n) is 4.31. The molecule has 3 aromatic rings. The van der Waals surface area contributed by atoms with Gasteiger partial charge < -0.3 is 9.64 Å². The molecule has 0 bridgehead atoms. The summed E-state index contributed by atoms with van der Waals surface area (Å²) in [5, 5.41) is 5.08. The van der Waals surface area contributed by atoms with Crippen molar-refractivity contribution in [3.05, 3.63) is 36.2 Å². The van der Waals surface area contributed by atoms with Crippen molar-refractivity contribution in [2.45, 2.75) is 26.8 Å². The van der Waals surface area contributed by atoms with Gasteiger partial charge in [-0.15, -0.1) is 0 Å². The molecule has 1 aromatic carbocycles. The van der Waals surface area contributed by atoms with Crippen molar-refractivity contribution in [3.63, 3.8) is 0 Å². The molecule has 0 saturated carbocycles. The molecule has 0 fully saturated rings. The fraction of sp³-hybridized carbons (Fsp3) is 0.450. The van der Waals surface area contributed by atoms with Gasteiger partial charge in [-0.2, -0.15) is 5.10 Å². The van der Waals surface area contributed by atoms with Crippen molar-refractivity contribution in [2.24, 2.45) is 0 Å². The molecule has 0 aliphatic carbocycles. The minimum atomic E-state index is -0.116. The number of nitrogens with zero attached hydrogens (tertiary/aromatic N) is 5. The van der Waals surface area contributed by atoms with Gasteiger partial charge in [-0.1, -0.05) is 11.3 Å². The Morgan fingerprint density at radius 1 is 1.21 bits per heavy atom. The third-order valence-corrected chi connectivity index (χ3v) is 5.35. The first-order valence-electron chi connectivity index (χ1n) is 9.55. The van der Waals surface area contributed by atoms with Crippen molar-refractivity contribution in [1.82, 2.24) is 19.7 Å². The number of carbonyl (C=O) groups is 1. The van der Waals surface area contributed by atoms with Gasteiger partial charge in [0.25, 0.3) is 5.91 Å². The molecule has 28 heavy (non-hydrogen) atoms. The lowest BCUT2D eigenvalue weighted by molar-refractivity contribution is 0.0980. The zero-order chi connectivity index (χ0) is 20.1. The van der Waals surface area contributed by atoms with E-state index in [4.69, 9.17) is 9.72 Å². The second-order valence-corrected chi connectivity index (χ2v) is 7.74. The number of ether oxygens (including phenoxy) is 1. The normalized spacial score (nSPS) is 11.3. The molecule has 0 N–H and O–H groups in total. The first kappa shape index (κ1) is 20.3. The van der Waals surface area contributed by atoms with Crippen molar-refractivity contribution in [3.8, 4) is 5.75 Å². The number of fused-ring (bicyclic) bond motifs is 1. The van der Waals surface area contributed by atoms with Gasteiger partial charge in [0.05, 0.1) is 16.8 Å². The molecule has 0 aliphatic rings. The van der Waals surface area contributed by atoms with Gasteiger partial charge in [0, 0.05) is 19.3 Å². The fourth-order valence-electron chi connectivity index (χ4n) is 2.88. The number of hydrogen-bond acceptors (Lipinski definition) is 6. The Kier molecular flexibility index (Phi) is 6.64. The van der Waals surface area contributed by atoms with Gasteiger partial charge in [0.15, 0.2) is 10.8 Å². The van der Waals surface area contributed by atoms with E-state index >= 15 is 0 Å². The summed E-state index contributed by atoms with van der Waals surface area (Å²) in [7, 11) is 4.06. The summed E-state index contributed by atoms with van der Waals surface area (Å²) >= 11 is 1.51. The van der Waals surface area contributed by atoms with E-state index in [1.165, 1.54) is 11.3 Å². The molecular weight excluding hydrogens is 374 g/mol. The first-order chi connectivity index (χ1) is 13.5. The van der Waals surface area contributed by atoms with Crippen LogP contribution in [-0.4, -0.2) is 59.4 Å². The van der Waals surface area contributed by atoms with Crippen molar-refractivity contribution in [2.75, 3.05) is 38.7 Å². The predicted molar refractivity (Wildman–Crippen MR) is 114 cm³/mol. The summed E-state index contributed by atoms with van der Waals surface area (Å²) in [6.07, 6.45) is 2.69. The Balaban J connectivity index is 1.90. The Morgan fingerprint density at radius 3 is 2.71 bits per heavy atom. The minimum Gasteiger partial charge on any atom is -0.494 e. The van der Waals surface area contributed by atoms with Gasteiger partial charge in [-0.25, -0.2) is 4.98 Å². The van der Waals surface area contributed by atoms with E-state index in [1.54, 1.807) is 15.6 Å². The number of benzene rings is 1. The molecule has 0 radical (unpaired) electrons. The fourth-order valence-corrected chi connectivity index (χ4v) is 3.90. The van der Waals surface area contributed by atoms with Crippen LogP contribution in [0, 0.1) is 0 Å². The van der Waals surface area contributed by atoms with E-state index < -0.39 is 0 Å². The molecule has 7 nitrogen and oxygen atoms in total. The second kappa shape index (κ2) is 9.16. The lowest BCUT2D eigenvalue weighted by Gasteiger charge is -2.20. The van der Waals surface area contributed by atoms with Crippen LogP contribution in [-0.2, 0) is 6.54 Å². The lowest BCUT2D eigenvalue weighted by Crippen LogP contribution is -2.33. The molecule has 2 heterocycles. The van der Waals surface area contributed by atoms with Crippen LogP contribution in [0.4, 0.5) is 5.13 Å². The third kappa shape index (κ3) is 4.69. The average Bonchev–Trinajstić information content (AvgIpc) is 3.31. The average molecular weight is 402 g/mol. The Morgan fingerprint density at radius 2 is 2.04 bits per heavy atom. The molecule has 8 heteroatoms. The zero-order valence-electron chi connectivity index (χ0n) is 16.9. The van der Waals surface area contributed by atoms with E-state index in [9.17, 15) is 4.79 Å². The zero-order valence-corrected chi connectivity index (χ0v) is 17.7. The lowest BCUT2D eigenvalue weighted by atomic mass is 10.3. The Hall–Kier alpha value is -2.45. The second-order valence-electron chi connectivity index (χ2n) is 6.73. The van der Waals surface area contributed by atoms with Crippen LogP contribution >= 0.6 is 11.3 Å². The van der Waals surface area contributed by atoms with Crippen LogP contribution in [0.15, 0.2) is 30.5 Å². The molecule has 0 atom stereocenters. The van der Waals surface area contributed by atoms with Crippen LogP contribution < -0.4 is 9.64 Å². The van der Waals surface area contributed by atoms with E-state index in [0.717, 1.165) is 35.5 Å². The topological polar surface area (TPSA) is 63.5 Å². The smallest absolute Gasteiger partial charge is 0.280 e. The quantitative estimate of drug-likeness (QED) is 0.549. The maximum atomic E-state index is 13.2. The Bertz CT molecular complexity index is 934. The van der Waals surface area contributed by atoms with Gasteiger partial charge >= 0.3 is 0 Å². The molecule has 0 aliphatic heterocycles. The highest BCUT2D eigenvalue weighted by Crippen LogP contribution is 2.32. The van der Waals surface area contributed by atoms with Gasteiger partial charge in [-0.05, 0) is 65.2 Å². The molecule has 3 rings (SSSR count). The summed E-state index contributed by atoms with van der Waals surface area (Å²) in [6.45, 7) is 6.80. The maximum absolute atomic E-state index is 13.2. The van der Waals surface area contributed by atoms with Crippen LogP contribution in [0.1, 0.15) is 30.8 Å². The van der Waals surface area contributed by atoms with Crippen molar-refractivity contribution < 1.29 is 9.53 Å². The summed E-state index contributed by atoms with van der Waals surface area (Å²) in [5.41, 5.74) is 1.31. The number of thiazole rings is 1. The molecule has 0 spiro atoms. The van der Waals surface area contributed by atoms with Gasteiger partial charge in [-0.3, -0.25) is 14.4 Å². The first-order valence-corrected chi connectivity index (χ1v) is 10.4. The van der Waals surface area contributed by atoms with E-state index in [0.29, 0.717) is 24.0 Å². The monoisotopic (exact) mass is 401 g/mol. The molecule has 150 valence electrons. The van der Waals surface area contributed by atoms with Gasteiger partial charge in [0.2, 0.25) is 0 Å². The number of amides is 1. The number of carbonyl (C=O) groups excluding carboxylic acids is 1. The molecule has 0 unspecified atom stereocenters. The highest BCUT2D eigenvalue weighted by molar-refractivity contribution is 7.22. The Labute approximate surface area is 169 Å². The van der Waals surface area contributed by atoms with Crippen molar-refractivity contribution >= 4 is 32.6 Å². The highest BCUT2D eigenvalue weighted by Gasteiger charge is 2.23. The molecular formula is C20H27N5O2S. The SMILES string of the molecule is CCOc1ccc2nc(N(CCCN(C)C)C(=O)c3ccn(CC)n3)sc2c1. The summed E-state index contributed by atoms with van der Waals surface area (Å²) < 4.78 is 8.35. The number of hydrogen-bond donors (Lipinski definition) is 0. The van der Waals surface area contributed by atoms with Crippen LogP contribution in [0.5, 0.6) is 5.75 Å². The van der Waals surface area contributed by atoms with Crippen LogP contribution in [0.3, 0.4) is 0 Å². The maximum Gasteiger partial charge on any atom is 0.280 e. The van der Waals surface area contributed by atoms with E-state index in [1.807, 2.05) is 52.3 Å². The number of aromatic nitrogens is 3.